The van der Waals surface area contributed by atoms with Crippen molar-refractivity contribution in [3.63, 3.8) is 0 Å². The molecule has 4 nitrogen and oxygen atoms in total. The number of aliphatic hydroxyl groups excluding tert-OH is 1. The lowest BCUT2D eigenvalue weighted by molar-refractivity contribution is 0.0358. The van der Waals surface area contributed by atoms with Gasteiger partial charge in [0.2, 0.25) is 0 Å². The Labute approximate surface area is 105 Å². The summed E-state index contributed by atoms with van der Waals surface area (Å²) in [6.07, 6.45) is 2.09. The van der Waals surface area contributed by atoms with E-state index in [0.717, 1.165) is 25.1 Å². The highest BCUT2D eigenvalue weighted by atomic mass is 32.1. The molecule has 0 aliphatic carbocycles. The molecule has 0 spiro atoms. The third kappa shape index (κ3) is 2.35. The van der Waals surface area contributed by atoms with E-state index in [1.807, 2.05) is 11.8 Å². The van der Waals surface area contributed by atoms with Crippen molar-refractivity contribution in [3.05, 3.63) is 16.6 Å². The number of amides is 1. The third-order valence-corrected chi connectivity index (χ3v) is 4.26. The predicted octanol–water partition coefficient (Wildman–Crippen LogP) is 1.68. The van der Waals surface area contributed by atoms with Gasteiger partial charge in [0.15, 0.2) is 0 Å². The molecule has 5 heteroatoms. The summed E-state index contributed by atoms with van der Waals surface area (Å²) in [6.45, 7) is 4.73. The number of aliphatic hydroxyl groups is 1. The summed E-state index contributed by atoms with van der Waals surface area (Å²) in [7, 11) is 0. The number of hydrogen-bond acceptors (Lipinski definition) is 4. The highest BCUT2D eigenvalue weighted by molar-refractivity contribution is 7.03. The van der Waals surface area contributed by atoms with Crippen LogP contribution in [0.5, 0.6) is 0 Å². The van der Waals surface area contributed by atoms with Crippen molar-refractivity contribution in [2.24, 2.45) is 5.92 Å². The Hall–Kier alpha value is -0.940. The number of likely N-dealkylation sites (tertiary alicyclic amines) is 1. The van der Waals surface area contributed by atoms with Gasteiger partial charge in [-0.25, -0.2) is 0 Å². The van der Waals surface area contributed by atoms with Gasteiger partial charge < -0.3 is 10.0 Å². The molecule has 0 saturated carbocycles. The fraction of sp³-hybridized carbons (Fsp3) is 0.667. The van der Waals surface area contributed by atoms with E-state index in [0.29, 0.717) is 11.5 Å². The van der Waals surface area contributed by atoms with Crippen molar-refractivity contribution in [1.29, 1.82) is 0 Å². The molecule has 1 fully saturated rings. The molecular formula is C12H18N2O2S. The Morgan fingerprint density at radius 2 is 2.47 bits per heavy atom. The molecule has 1 N–H and O–H groups in total. The van der Waals surface area contributed by atoms with E-state index in [1.165, 1.54) is 11.5 Å². The average molecular weight is 254 g/mol. The molecule has 1 aliphatic heterocycles. The molecule has 1 saturated heterocycles. The Bertz CT molecular complexity index is 405. The number of carbonyl (C=O) groups is 1. The first-order chi connectivity index (χ1) is 8.15. The summed E-state index contributed by atoms with van der Waals surface area (Å²) >= 11 is 1.31. The Kier molecular flexibility index (Phi) is 3.79. The molecule has 2 rings (SSSR count). The van der Waals surface area contributed by atoms with Crippen LogP contribution in [0.3, 0.4) is 0 Å². The van der Waals surface area contributed by atoms with Crippen LogP contribution in [0, 0.1) is 12.8 Å². The highest BCUT2D eigenvalue weighted by Crippen LogP contribution is 2.25. The van der Waals surface area contributed by atoms with Crippen LogP contribution in [0.1, 0.15) is 35.8 Å². The van der Waals surface area contributed by atoms with Crippen molar-refractivity contribution in [2.75, 3.05) is 13.2 Å². The van der Waals surface area contributed by atoms with Crippen LogP contribution in [-0.2, 0) is 0 Å². The summed E-state index contributed by atoms with van der Waals surface area (Å²) in [4.78, 5) is 14.2. The van der Waals surface area contributed by atoms with Gasteiger partial charge in [-0.2, -0.15) is 4.37 Å². The zero-order valence-electron chi connectivity index (χ0n) is 10.2. The van der Waals surface area contributed by atoms with Gasteiger partial charge in [-0.05, 0) is 37.2 Å². The number of carbonyl (C=O) groups excluding carboxylic acids is 1. The Balaban J connectivity index is 2.21. The minimum atomic E-state index is -0.0458. The monoisotopic (exact) mass is 254 g/mol. The first-order valence-electron chi connectivity index (χ1n) is 5.98. The molecule has 2 atom stereocenters. The predicted molar refractivity (Wildman–Crippen MR) is 67.2 cm³/mol. The van der Waals surface area contributed by atoms with Gasteiger partial charge in [0.05, 0.1) is 23.9 Å². The van der Waals surface area contributed by atoms with Crippen molar-refractivity contribution >= 4 is 17.4 Å². The van der Waals surface area contributed by atoms with Gasteiger partial charge in [-0.1, -0.05) is 6.92 Å². The van der Waals surface area contributed by atoms with Crippen LogP contribution < -0.4 is 0 Å². The smallest absolute Gasteiger partial charge is 0.256 e. The molecule has 2 unspecified atom stereocenters. The molecule has 94 valence electrons. The van der Waals surface area contributed by atoms with E-state index >= 15 is 0 Å². The van der Waals surface area contributed by atoms with Crippen LogP contribution in [-0.4, -0.2) is 39.5 Å². The normalized spacial score (nSPS) is 25.0. The molecule has 0 aromatic carbocycles. The number of piperidine rings is 1. The molecule has 0 radical (unpaired) electrons. The number of aryl methyl sites for hydroxylation is 1. The lowest BCUT2D eigenvalue weighted by atomic mass is 9.91. The van der Waals surface area contributed by atoms with Crippen LogP contribution in [0.4, 0.5) is 0 Å². The average Bonchev–Trinajstić information content (AvgIpc) is 2.74. The molecule has 17 heavy (non-hydrogen) atoms. The zero-order valence-corrected chi connectivity index (χ0v) is 11.0. The Morgan fingerprint density at radius 3 is 3.06 bits per heavy atom. The molecular weight excluding hydrogens is 236 g/mol. The fourth-order valence-corrected chi connectivity index (χ4v) is 3.12. The van der Waals surface area contributed by atoms with Crippen LogP contribution >= 0.6 is 11.5 Å². The molecule has 1 aromatic rings. The number of rotatable bonds is 2. The van der Waals surface area contributed by atoms with Crippen LogP contribution in [0.15, 0.2) is 5.38 Å². The molecule has 1 aromatic heterocycles. The lowest BCUT2D eigenvalue weighted by Gasteiger charge is -2.39. The maximum absolute atomic E-state index is 12.4. The quantitative estimate of drug-likeness (QED) is 0.873. The van der Waals surface area contributed by atoms with Gasteiger partial charge in [-0.3, -0.25) is 4.79 Å². The van der Waals surface area contributed by atoms with Crippen LogP contribution in [0.2, 0.25) is 0 Å². The van der Waals surface area contributed by atoms with E-state index in [4.69, 9.17) is 0 Å². The van der Waals surface area contributed by atoms with E-state index in [-0.39, 0.29) is 18.6 Å². The lowest BCUT2D eigenvalue weighted by Crippen LogP contribution is -2.49. The summed E-state index contributed by atoms with van der Waals surface area (Å²) in [5, 5.41) is 11.2. The van der Waals surface area contributed by atoms with Gasteiger partial charge in [0.25, 0.3) is 5.91 Å². The number of nitrogens with zero attached hydrogens (tertiary/aromatic N) is 2. The van der Waals surface area contributed by atoms with Crippen molar-refractivity contribution < 1.29 is 9.90 Å². The van der Waals surface area contributed by atoms with E-state index < -0.39 is 0 Å². The molecule has 0 bridgehead atoms. The largest absolute Gasteiger partial charge is 0.394 e. The van der Waals surface area contributed by atoms with Gasteiger partial charge in [0, 0.05) is 11.9 Å². The molecule has 1 aliphatic rings. The molecule has 2 heterocycles. The Morgan fingerprint density at radius 1 is 1.71 bits per heavy atom. The minimum absolute atomic E-state index is 0.0156. The first kappa shape index (κ1) is 12.5. The summed E-state index contributed by atoms with van der Waals surface area (Å²) in [5.74, 6) is 0.381. The zero-order chi connectivity index (χ0) is 12.4. The van der Waals surface area contributed by atoms with Gasteiger partial charge in [0.1, 0.15) is 0 Å². The van der Waals surface area contributed by atoms with Gasteiger partial charge in [-0.15, -0.1) is 0 Å². The van der Waals surface area contributed by atoms with E-state index in [9.17, 15) is 9.90 Å². The first-order valence-corrected chi connectivity index (χ1v) is 6.81. The number of aromatic nitrogens is 1. The topological polar surface area (TPSA) is 53.4 Å². The summed E-state index contributed by atoms with van der Waals surface area (Å²) in [5.41, 5.74) is 1.47. The van der Waals surface area contributed by atoms with Gasteiger partial charge >= 0.3 is 0 Å². The second-order valence-corrected chi connectivity index (χ2v) is 5.31. The SMILES string of the molecule is Cc1nscc1C(=O)N1CCCC(C)C1CO. The third-order valence-electron chi connectivity index (χ3n) is 3.54. The summed E-state index contributed by atoms with van der Waals surface area (Å²) < 4.78 is 4.13. The fourth-order valence-electron chi connectivity index (χ4n) is 2.43. The summed E-state index contributed by atoms with van der Waals surface area (Å²) in [6, 6.07) is -0.0458. The second-order valence-electron chi connectivity index (χ2n) is 4.68. The maximum atomic E-state index is 12.4. The maximum Gasteiger partial charge on any atom is 0.256 e. The van der Waals surface area contributed by atoms with E-state index in [2.05, 4.69) is 11.3 Å². The number of hydrogen-bond donors (Lipinski definition) is 1. The minimum Gasteiger partial charge on any atom is -0.394 e. The van der Waals surface area contributed by atoms with Crippen molar-refractivity contribution in [2.45, 2.75) is 32.7 Å². The second kappa shape index (κ2) is 5.14. The van der Waals surface area contributed by atoms with Crippen molar-refractivity contribution in [3.8, 4) is 0 Å². The molecule has 1 amide bonds. The standard InChI is InChI=1S/C12H18N2O2S/c1-8-4-3-5-14(11(8)6-15)12(16)10-7-17-13-9(10)2/h7-8,11,15H,3-6H2,1-2H3. The highest BCUT2D eigenvalue weighted by Gasteiger charge is 2.32. The van der Waals surface area contributed by atoms with E-state index in [1.54, 1.807) is 5.38 Å². The van der Waals surface area contributed by atoms with Crippen LogP contribution in [0.25, 0.3) is 0 Å². The van der Waals surface area contributed by atoms with Crippen molar-refractivity contribution in [1.82, 2.24) is 9.27 Å².